The van der Waals surface area contributed by atoms with E-state index in [1.54, 1.807) is 13.3 Å². The van der Waals surface area contributed by atoms with Crippen LogP contribution in [0.3, 0.4) is 0 Å². The van der Waals surface area contributed by atoms with E-state index >= 15 is 0 Å². The van der Waals surface area contributed by atoms with Gasteiger partial charge in [0.25, 0.3) is 0 Å². The highest BCUT2D eigenvalue weighted by Gasteiger charge is 2.24. The van der Waals surface area contributed by atoms with Gasteiger partial charge in [-0.1, -0.05) is 49.4 Å². The zero-order valence-corrected chi connectivity index (χ0v) is 18.6. The molecular weight excluding hydrogens is 398 g/mol. The molecule has 0 saturated carbocycles. The summed E-state index contributed by atoms with van der Waals surface area (Å²) in [6.45, 7) is 2.71. The monoisotopic (exact) mass is 427 g/mol. The first-order chi connectivity index (χ1) is 15.7. The van der Waals surface area contributed by atoms with E-state index in [0.29, 0.717) is 19.4 Å². The molecule has 0 bridgehead atoms. The number of ether oxygens (including phenoxy) is 1. The molecule has 2 aromatic heterocycles. The quantitative estimate of drug-likeness (QED) is 0.394. The normalized spacial score (nSPS) is 11.9. The zero-order valence-electron chi connectivity index (χ0n) is 18.6. The van der Waals surface area contributed by atoms with Crippen LogP contribution in [0.25, 0.3) is 10.9 Å². The largest absolute Gasteiger partial charge is 0.496 e. The van der Waals surface area contributed by atoms with Crippen molar-refractivity contribution in [1.82, 2.24) is 15.3 Å². The first-order valence-corrected chi connectivity index (χ1v) is 11.1. The Kier molecular flexibility index (Phi) is 6.85. The van der Waals surface area contributed by atoms with E-state index in [1.807, 2.05) is 48.7 Å². The number of fused-ring (bicyclic) bond motifs is 1. The number of hydrogen-bond acceptors (Lipinski definition) is 3. The fraction of sp³-hybridized carbons (Fsp3) is 0.259. The summed E-state index contributed by atoms with van der Waals surface area (Å²) in [6, 6.07) is 20.1. The molecule has 2 aromatic carbocycles. The predicted molar refractivity (Wildman–Crippen MR) is 128 cm³/mol. The van der Waals surface area contributed by atoms with Crippen molar-refractivity contribution in [3.05, 3.63) is 95.4 Å². The van der Waals surface area contributed by atoms with Gasteiger partial charge in [0.05, 0.1) is 7.11 Å². The van der Waals surface area contributed by atoms with Gasteiger partial charge in [0.2, 0.25) is 5.91 Å². The Hall–Kier alpha value is -3.60. The second-order valence-electron chi connectivity index (χ2n) is 7.86. The van der Waals surface area contributed by atoms with Gasteiger partial charge in [0, 0.05) is 59.9 Å². The number of rotatable bonds is 9. The van der Waals surface area contributed by atoms with Gasteiger partial charge in [-0.15, -0.1) is 0 Å². The smallest absolute Gasteiger partial charge is 0.220 e. The van der Waals surface area contributed by atoms with E-state index < -0.39 is 0 Å². The fourth-order valence-electron chi connectivity index (χ4n) is 4.30. The minimum Gasteiger partial charge on any atom is -0.496 e. The number of benzene rings is 2. The molecule has 0 unspecified atom stereocenters. The molecular formula is C27H29N3O2. The third-order valence-electron chi connectivity index (χ3n) is 5.92. The van der Waals surface area contributed by atoms with E-state index in [-0.39, 0.29) is 11.8 Å². The number of nitrogens with one attached hydrogen (secondary N) is 2. The van der Waals surface area contributed by atoms with Crippen LogP contribution in [0, 0.1) is 0 Å². The summed E-state index contributed by atoms with van der Waals surface area (Å²) in [5, 5.41) is 4.23. The predicted octanol–water partition coefficient (Wildman–Crippen LogP) is 5.01. The standard InChI is InChI=1S/C27H29N3O2/c1-3-19-9-8-12-22-24(18-30-27(19)22)23(21-11-4-5-13-25(21)32-2)17-26(31)29-16-14-20-10-6-7-15-28-20/h4-13,15,18,23,30H,3,14,16-17H2,1-2H3,(H,29,31)/t23-/m0/s1. The second kappa shape index (κ2) is 10.1. The molecule has 32 heavy (non-hydrogen) atoms. The molecule has 0 radical (unpaired) electrons. The SMILES string of the molecule is CCc1cccc2c([C@@H](CC(=O)NCCc3ccccn3)c3ccccc3OC)c[nH]c12. The molecule has 5 nitrogen and oxygen atoms in total. The Morgan fingerprint density at radius 1 is 1.06 bits per heavy atom. The van der Waals surface area contributed by atoms with Gasteiger partial charge < -0.3 is 15.0 Å². The number of amides is 1. The van der Waals surface area contributed by atoms with Crippen LogP contribution in [-0.4, -0.2) is 29.5 Å². The van der Waals surface area contributed by atoms with Gasteiger partial charge in [-0.25, -0.2) is 0 Å². The third kappa shape index (κ3) is 4.67. The molecule has 1 atom stereocenters. The minimum absolute atomic E-state index is 0.0119. The zero-order chi connectivity index (χ0) is 22.3. The number of pyridine rings is 1. The highest BCUT2D eigenvalue weighted by molar-refractivity contribution is 5.88. The summed E-state index contributed by atoms with van der Waals surface area (Å²) >= 11 is 0. The number of methoxy groups -OCH3 is 1. The molecule has 0 fully saturated rings. The first kappa shape index (κ1) is 21.6. The van der Waals surface area contributed by atoms with Crippen molar-refractivity contribution in [3.63, 3.8) is 0 Å². The molecule has 1 amide bonds. The second-order valence-corrected chi connectivity index (χ2v) is 7.86. The highest BCUT2D eigenvalue weighted by atomic mass is 16.5. The average molecular weight is 428 g/mol. The molecule has 0 aliphatic carbocycles. The van der Waals surface area contributed by atoms with Crippen molar-refractivity contribution >= 4 is 16.8 Å². The molecule has 2 N–H and O–H groups in total. The number of aryl methyl sites for hydroxylation is 1. The van der Waals surface area contributed by atoms with Gasteiger partial charge in [-0.2, -0.15) is 0 Å². The van der Waals surface area contributed by atoms with Crippen LogP contribution in [0.1, 0.15) is 41.6 Å². The number of para-hydroxylation sites is 2. The van der Waals surface area contributed by atoms with E-state index in [0.717, 1.165) is 39.9 Å². The number of hydrogen-bond donors (Lipinski definition) is 2. The van der Waals surface area contributed by atoms with Gasteiger partial charge in [0.15, 0.2) is 0 Å². The summed E-state index contributed by atoms with van der Waals surface area (Å²) in [6.07, 6.45) is 5.81. The maximum Gasteiger partial charge on any atom is 0.220 e. The van der Waals surface area contributed by atoms with Crippen molar-refractivity contribution < 1.29 is 9.53 Å². The number of aromatic amines is 1. The van der Waals surface area contributed by atoms with Crippen molar-refractivity contribution in [2.45, 2.75) is 32.1 Å². The lowest BCUT2D eigenvalue weighted by Crippen LogP contribution is -2.27. The summed E-state index contributed by atoms with van der Waals surface area (Å²) in [4.78, 5) is 20.8. The first-order valence-electron chi connectivity index (χ1n) is 11.1. The number of carbonyl (C=O) groups excluding carboxylic acids is 1. The summed E-state index contributed by atoms with van der Waals surface area (Å²) < 4.78 is 5.65. The maximum absolute atomic E-state index is 13.0. The fourth-order valence-corrected chi connectivity index (χ4v) is 4.30. The molecule has 0 spiro atoms. The van der Waals surface area contributed by atoms with E-state index in [2.05, 4.69) is 40.4 Å². The van der Waals surface area contributed by atoms with Gasteiger partial charge in [-0.3, -0.25) is 9.78 Å². The molecule has 4 rings (SSSR count). The van der Waals surface area contributed by atoms with Crippen LogP contribution in [0.5, 0.6) is 5.75 Å². The molecule has 0 saturated heterocycles. The minimum atomic E-state index is -0.123. The third-order valence-corrected chi connectivity index (χ3v) is 5.92. The Balaban J connectivity index is 1.61. The van der Waals surface area contributed by atoms with E-state index in [9.17, 15) is 4.79 Å². The molecule has 0 aliphatic rings. The summed E-state index contributed by atoms with van der Waals surface area (Å²) in [5.74, 6) is 0.680. The Morgan fingerprint density at radius 3 is 2.69 bits per heavy atom. The lowest BCUT2D eigenvalue weighted by atomic mass is 9.87. The molecule has 2 heterocycles. The number of carbonyl (C=O) groups is 1. The number of nitrogens with zero attached hydrogens (tertiary/aromatic N) is 1. The van der Waals surface area contributed by atoms with Crippen molar-refractivity contribution in [2.24, 2.45) is 0 Å². The van der Waals surface area contributed by atoms with Gasteiger partial charge >= 0.3 is 0 Å². The van der Waals surface area contributed by atoms with Crippen LogP contribution >= 0.6 is 0 Å². The maximum atomic E-state index is 13.0. The topological polar surface area (TPSA) is 67.0 Å². The van der Waals surface area contributed by atoms with E-state index in [1.165, 1.54) is 5.56 Å². The molecule has 4 aromatic rings. The van der Waals surface area contributed by atoms with E-state index in [4.69, 9.17) is 4.74 Å². The summed E-state index contributed by atoms with van der Waals surface area (Å²) in [5.41, 5.74) is 5.50. The Bertz CT molecular complexity index is 1180. The summed E-state index contributed by atoms with van der Waals surface area (Å²) in [7, 11) is 1.67. The molecule has 0 aliphatic heterocycles. The van der Waals surface area contributed by atoms with Crippen LogP contribution in [0.2, 0.25) is 0 Å². The van der Waals surface area contributed by atoms with Crippen molar-refractivity contribution in [2.75, 3.05) is 13.7 Å². The van der Waals surface area contributed by atoms with Crippen LogP contribution in [-0.2, 0) is 17.6 Å². The number of H-pyrrole nitrogens is 1. The lowest BCUT2D eigenvalue weighted by Gasteiger charge is -2.20. The van der Waals surface area contributed by atoms with Crippen LogP contribution < -0.4 is 10.1 Å². The average Bonchev–Trinajstić information content (AvgIpc) is 3.27. The number of aromatic nitrogens is 2. The van der Waals surface area contributed by atoms with Crippen molar-refractivity contribution in [3.8, 4) is 5.75 Å². The Morgan fingerprint density at radius 2 is 1.91 bits per heavy atom. The van der Waals surface area contributed by atoms with Crippen LogP contribution in [0.4, 0.5) is 0 Å². The highest BCUT2D eigenvalue weighted by Crippen LogP contribution is 2.38. The Labute approximate surface area is 188 Å². The molecule has 164 valence electrons. The van der Waals surface area contributed by atoms with Gasteiger partial charge in [-0.05, 0) is 35.7 Å². The lowest BCUT2D eigenvalue weighted by molar-refractivity contribution is -0.121. The van der Waals surface area contributed by atoms with Gasteiger partial charge in [0.1, 0.15) is 5.75 Å². The van der Waals surface area contributed by atoms with Crippen LogP contribution in [0.15, 0.2) is 73.1 Å². The van der Waals surface area contributed by atoms with Crippen molar-refractivity contribution in [1.29, 1.82) is 0 Å². The molecule has 5 heteroatoms.